The Kier molecular flexibility index (Phi) is 5.25. The summed E-state index contributed by atoms with van der Waals surface area (Å²) < 4.78 is 5.43. The topological polar surface area (TPSA) is 76.1 Å². The third-order valence-electron chi connectivity index (χ3n) is 4.03. The maximum atomic E-state index is 11.9. The molecule has 1 amide bonds. The summed E-state index contributed by atoms with van der Waals surface area (Å²) in [5.74, 6) is 1.57. The Morgan fingerprint density at radius 1 is 1.08 bits per heavy atom. The zero-order valence-electron chi connectivity index (χ0n) is 13.8. The van der Waals surface area contributed by atoms with Gasteiger partial charge in [-0.15, -0.1) is 10.2 Å². The van der Waals surface area contributed by atoms with Crippen LogP contribution in [-0.4, -0.2) is 28.8 Å². The monoisotopic (exact) mass is 326 g/mol. The number of nitrogens with zero attached hydrogens (tertiary/aromatic N) is 2. The first kappa shape index (κ1) is 16.2. The van der Waals surface area contributed by atoms with E-state index >= 15 is 0 Å². The third kappa shape index (κ3) is 4.68. The Morgan fingerprint density at radius 2 is 1.75 bits per heavy atom. The lowest BCUT2D eigenvalue weighted by atomic mass is 10.2. The highest BCUT2D eigenvalue weighted by Crippen LogP contribution is 2.21. The number of benzene rings is 1. The number of carbonyl (C=O) groups excluding carboxylic acids is 1. The lowest BCUT2D eigenvalue weighted by molar-refractivity contribution is -0.118. The van der Waals surface area contributed by atoms with Gasteiger partial charge < -0.3 is 15.4 Å². The smallest absolute Gasteiger partial charge is 0.263 e. The second-order valence-corrected chi connectivity index (χ2v) is 6.08. The van der Waals surface area contributed by atoms with Crippen molar-refractivity contribution >= 4 is 17.5 Å². The molecule has 1 aliphatic carbocycles. The molecule has 126 valence electrons. The first-order valence-corrected chi connectivity index (χ1v) is 8.28. The van der Waals surface area contributed by atoms with Crippen molar-refractivity contribution in [2.45, 2.75) is 38.6 Å². The molecule has 6 heteroatoms. The van der Waals surface area contributed by atoms with Crippen LogP contribution in [0, 0.1) is 6.92 Å². The molecule has 1 aliphatic rings. The van der Waals surface area contributed by atoms with Crippen LogP contribution in [0.1, 0.15) is 31.2 Å². The van der Waals surface area contributed by atoms with Crippen LogP contribution in [0.5, 0.6) is 5.75 Å². The minimum absolute atomic E-state index is 0.0627. The van der Waals surface area contributed by atoms with E-state index in [1.165, 1.54) is 25.7 Å². The minimum atomic E-state index is -0.263. The molecule has 0 saturated heterocycles. The molecule has 2 aromatic rings. The van der Waals surface area contributed by atoms with Gasteiger partial charge in [-0.1, -0.05) is 30.5 Å². The SMILES string of the molecule is Cc1ccc(OCC(=O)Nc2ccc(NC3CCCC3)nn2)cc1. The Balaban J connectivity index is 1.46. The molecule has 1 heterocycles. The number of amides is 1. The van der Waals surface area contributed by atoms with E-state index < -0.39 is 0 Å². The predicted molar refractivity (Wildman–Crippen MR) is 93.2 cm³/mol. The van der Waals surface area contributed by atoms with E-state index in [-0.39, 0.29) is 12.5 Å². The average molecular weight is 326 g/mol. The summed E-state index contributed by atoms with van der Waals surface area (Å²) in [5.41, 5.74) is 1.15. The molecule has 0 aliphatic heterocycles. The number of ether oxygens (including phenoxy) is 1. The van der Waals surface area contributed by atoms with Crippen LogP contribution >= 0.6 is 0 Å². The minimum Gasteiger partial charge on any atom is -0.484 e. The number of hydrogen-bond donors (Lipinski definition) is 2. The molecule has 1 fully saturated rings. The van der Waals surface area contributed by atoms with E-state index in [4.69, 9.17) is 4.74 Å². The van der Waals surface area contributed by atoms with Crippen LogP contribution < -0.4 is 15.4 Å². The van der Waals surface area contributed by atoms with Gasteiger partial charge in [-0.25, -0.2) is 0 Å². The second kappa shape index (κ2) is 7.77. The first-order valence-electron chi connectivity index (χ1n) is 8.28. The zero-order chi connectivity index (χ0) is 16.8. The zero-order valence-corrected chi connectivity index (χ0v) is 13.8. The van der Waals surface area contributed by atoms with Crippen LogP contribution in [0.4, 0.5) is 11.6 Å². The summed E-state index contributed by atoms with van der Waals surface area (Å²) in [7, 11) is 0. The van der Waals surface area contributed by atoms with E-state index in [9.17, 15) is 4.79 Å². The Morgan fingerprint density at radius 3 is 2.42 bits per heavy atom. The molecule has 0 spiro atoms. The molecule has 1 aromatic heterocycles. The molecule has 2 N–H and O–H groups in total. The molecular formula is C18H22N4O2. The van der Waals surface area contributed by atoms with Gasteiger partial charge in [0.2, 0.25) is 0 Å². The summed E-state index contributed by atoms with van der Waals surface area (Å²) in [6.07, 6.45) is 4.88. The van der Waals surface area contributed by atoms with Gasteiger partial charge in [0.05, 0.1) is 0 Å². The number of aryl methyl sites for hydroxylation is 1. The fraction of sp³-hybridized carbons (Fsp3) is 0.389. The maximum absolute atomic E-state index is 11.9. The number of aromatic nitrogens is 2. The highest BCUT2D eigenvalue weighted by Gasteiger charge is 2.15. The largest absolute Gasteiger partial charge is 0.484 e. The van der Waals surface area contributed by atoms with Crippen molar-refractivity contribution in [2.24, 2.45) is 0 Å². The van der Waals surface area contributed by atoms with Gasteiger partial charge in [-0.3, -0.25) is 4.79 Å². The van der Waals surface area contributed by atoms with Gasteiger partial charge in [0, 0.05) is 6.04 Å². The highest BCUT2D eigenvalue weighted by atomic mass is 16.5. The van der Waals surface area contributed by atoms with Crippen LogP contribution in [0.2, 0.25) is 0 Å². The van der Waals surface area contributed by atoms with Gasteiger partial charge in [0.25, 0.3) is 5.91 Å². The summed E-state index contributed by atoms with van der Waals surface area (Å²) >= 11 is 0. The van der Waals surface area contributed by atoms with Crippen molar-refractivity contribution in [3.63, 3.8) is 0 Å². The maximum Gasteiger partial charge on any atom is 0.263 e. The molecule has 0 bridgehead atoms. The molecule has 1 saturated carbocycles. The normalized spacial score (nSPS) is 14.4. The van der Waals surface area contributed by atoms with E-state index in [1.54, 1.807) is 6.07 Å². The van der Waals surface area contributed by atoms with Gasteiger partial charge in [0.15, 0.2) is 12.4 Å². The standard InChI is InChI=1S/C18H22N4O2/c1-13-6-8-15(9-7-13)24-12-18(23)20-17-11-10-16(21-22-17)19-14-4-2-3-5-14/h6-11,14H,2-5,12H2,1H3,(H,19,21)(H,20,22,23). The quantitative estimate of drug-likeness (QED) is 0.853. The summed E-state index contributed by atoms with van der Waals surface area (Å²) in [4.78, 5) is 11.9. The van der Waals surface area contributed by atoms with Crippen molar-refractivity contribution < 1.29 is 9.53 Å². The molecule has 0 radical (unpaired) electrons. The number of anilines is 2. The Hall–Kier alpha value is -2.63. The van der Waals surface area contributed by atoms with Crippen molar-refractivity contribution in [3.8, 4) is 5.75 Å². The molecule has 6 nitrogen and oxygen atoms in total. The Bertz CT molecular complexity index is 664. The molecule has 24 heavy (non-hydrogen) atoms. The number of hydrogen-bond acceptors (Lipinski definition) is 5. The van der Waals surface area contributed by atoms with Crippen molar-refractivity contribution in [1.29, 1.82) is 0 Å². The van der Waals surface area contributed by atoms with Gasteiger partial charge in [-0.2, -0.15) is 0 Å². The lowest BCUT2D eigenvalue weighted by Gasteiger charge is -2.12. The van der Waals surface area contributed by atoms with Crippen molar-refractivity contribution in [2.75, 3.05) is 17.2 Å². The first-order chi connectivity index (χ1) is 11.7. The fourth-order valence-corrected chi connectivity index (χ4v) is 2.72. The summed E-state index contributed by atoms with van der Waals surface area (Å²) in [6.45, 7) is 1.94. The Labute approximate surface area is 141 Å². The van der Waals surface area contributed by atoms with E-state index in [1.807, 2.05) is 37.3 Å². The second-order valence-electron chi connectivity index (χ2n) is 6.08. The molecule has 1 aromatic carbocycles. The van der Waals surface area contributed by atoms with E-state index in [2.05, 4.69) is 20.8 Å². The van der Waals surface area contributed by atoms with Crippen LogP contribution in [0.25, 0.3) is 0 Å². The van der Waals surface area contributed by atoms with E-state index in [0.717, 1.165) is 11.4 Å². The van der Waals surface area contributed by atoms with Crippen molar-refractivity contribution in [3.05, 3.63) is 42.0 Å². The third-order valence-corrected chi connectivity index (χ3v) is 4.03. The number of nitrogens with one attached hydrogen (secondary N) is 2. The predicted octanol–water partition coefficient (Wildman–Crippen LogP) is 3.16. The van der Waals surface area contributed by atoms with Crippen LogP contribution in [0.3, 0.4) is 0 Å². The molecule has 0 unspecified atom stereocenters. The molecular weight excluding hydrogens is 304 g/mol. The average Bonchev–Trinajstić information content (AvgIpc) is 3.09. The summed E-state index contributed by atoms with van der Waals surface area (Å²) in [6, 6.07) is 11.6. The van der Waals surface area contributed by atoms with Crippen molar-refractivity contribution in [1.82, 2.24) is 10.2 Å². The van der Waals surface area contributed by atoms with Gasteiger partial charge in [-0.05, 0) is 44.0 Å². The highest BCUT2D eigenvalue weighted by molar-refractivity contribution is 5.90. The van der Waals surface area contributed by atoms with Crippen LogP contribution in [0.15, 0.2) is 36.4 Å². The molecule has 3 rings (SSSR count). The summed E-state index contributed by atoms with van der Waals surface area (Å²) in [5, 5.41) is 14.2. The lowest BCUT2D eigenvalue weighted by Crippen LogP contribution is -2.21. The van der Waals surface area contributed by atoms with Gasteiger partial charge >= 0.3 is 0 Å². The molecule has 0 atom stereocenters. The van der Waals surface area contributed by atoms with E-state index in [0.29, 0.717) is 17.6 Å². The number of carbonyl (C=O) groups is 1. The van der Waals surface area contributed by atoms with Gasteiger partial charge in [0.1, 0.15) is 11.6 Å². The fourth-order valence-electron chi connectivity index (χ4n) is 2.72. The van der Waals surface area contributed by atoms with Crippen LogP contribution in [-0.2, 0) is 4.79 Å². The number of rotatable bonds is 6.